The minimum absolute atomic E-state index is 0.113. The van der Waals surface area contributed by atoms with Crippen LogP contribution in [0.4, 0.5) is 5.69 Å². The summed E-state index contributed by atoms with van der Waals surface area (Å²) in [6.45, 7) is 13.0. The van der Waals surface area contributed by atoms with E-state index in [-0.39, 0.29) is 39.2 Å². The number of halogens is 1. The van der Waals surface area contributed by atoms with Crippen LogP contribution in [0.25, 0.3) is 0 Å². The number of nitrogens with two attached hydrogens (primary N) is 1. The Morgan fingerprint density at radius 1 is 0.595 bits per heavy atom. The lowest BCUT2D eigenvalue weighted by Crippen LogP contribution is -2.22. The van der Waals surface area contributed by atoms with E-state index in [1.165, 1.54) is 6.07 Å². The van der Waals surface area contributed by atoms with E-state index in [0.29, 0.717) is 16.9 Å². The predicted molar refractivity (Wildman–Crippen MR) is 164 cm³/mol. The zero-order chi connectivity index (χ0) is 30.7. The van der Waals surface area contributed by atoms with Crippen molar-refractivity contribution in [3.63, 3.8) is 0 Å². The van der Waals surface area contributed by atoms with Gasteiger partial charge in [0.2, 0.25) is 0 Å². The van der Waals surface area contributed by atoms with Crippen LogP contribution in [-0.2, 0) is 0 Å². The number of hydrogen-bond acceptors (Lipinski definition) is 4. The van der Waals surface area contributed by atoms with E-state index < -0.39 is 0 Å². The number of ketones is 2. The number of hydrogen-bond donors (Lipinski definition) is 1. The molecule has 0 saturated heterocycles. The number of ether oxygens (including phenoxy) is 1. The molecule has 3 aromatic rings. The molecule has 42 heavy (non-hydrogen) atoms. The second-order valence-corrected chi connectivity index (χ2v) is 7.88. The third-order valence-electron chi connectivity index (χ3n) is 4.91. The Kier molecular flexibility index (Phi) is 13.0. The zero-order valence-electron chi connectivity index (χ0n) is 22.3. The molecule has 0 atom stereocenters. The average molecular weight is 562 g/mol. The Hall–Kier alpha value is -6.49. The van der Waals surface area contributed by atoms with Crippen LogP contribution in [0.15, 0.2) is 161 Å². The normalized spacial score (nSPS) is 8.88. The summed E-state index contributed by atoms with van der Waals surface area (Å²) in [6, 6.07) is 17.0. The van der Waals surface area contributed by atoms with Crippen LogP contribution in [0.1, 0.15) is 31.8 Å². The molecule has 4 rings (SSSR count). The summed E-state index contributed by atoms with van der Waals surface area (Å²) in [5, 5.41) is 0.171. The van der Waals surface area contributed by atoms with Crippen molar-refractivity contribution in [2.45, 2.75) is 0 Å². The van der Waals surface area contributed by atoms with E-state index in [9.17, 15) is 9.59 Å². The molecule has 1 aliphatic rings. The van der Waals surface area contributed by atoms with Crippen molar-refractivity contribution in [1.82, 2.24) is 0 Å². The van der Waals surface area contributed by atoms with Gasteiger partial charge in [0.25, 0.3) is 0 Å². The summed E-state index contributed by atoms with van der Waals surface area (Å²) in [4.78, 5) is 25.8. The monoisotopic (exact) mass is 561 g/mol. The summed E-state index contributed by atoms with van der Waals surface area (Å²) in [5.41, 5.74) is 38.7. The number of nitrogen functional groups attached to an aromatic ring is 1. The predicted octanol–water partition coefficient (Wildman–Crippen LogP) is 8.11. The van der Waals surface area contributed by atoms with Gasteiger partial charge in [-0.15, -0.1) is 0 Å². The van der Waals surface area contributed by atoms with Crippen molar-refractivity contribution < 1.29 is 14.3 Å². The standard InChI is InChI=1S/C20H12ClNO3.C9H4.C8H4/c21-15-10-14-16(19(24)13-9-5-4-8-12(13)18(14)23)20(17(15)22)25-11-6-2-1-3-7-11;1-3-5-7-9-8-6-4-2;1-3-5-7-8-6-4-2/h1-10H,22H2;1-2H2;1-2H2. The Balaban J connectivity index is 0.000000300. The second-order valence-electron chi connectivity index (χ2n) is 7.47. The molecular weight excluding hydrogens is 542 g/mol. The van der Waals surface area contributed by atoms with Crippen molar-refractivity contribution in [2.75, 3.05) is 5.73 Å². The summed E-state index contributed by atoms with van der Waals surface area (Å²) >= 11 is 6.19. The lowest BCUT2D eigenvalue weighted by atomic mass is 9.83. The molecule has 198 valence electrons. The SMILES string of the molecule is C=C=C=C=C=C=C=C.C=C=C=C=C=C=C=C=C.Nc1c(Cl)cc2c(c1Oc1ccccc1)C(=O)c1ccccc1C2=O. The fraction of sp³-hybridized carbons (Fsp3) is 0. The lowest BCUT2D eigenvalue weighted by Gasteiger charge is -2.22. The van der Waals surface area contributed by atoms with Gasteiger partial charge in [-0.05, 0) is 96.1 Å². The van der Waals surface area contributed by atoms with Crippen LogP contribution in [0.5, 0.6) is 11.5 Å². The molecule has 2 N–H and O–H groups in total. The summed E-state index contributed by atoms with van der Waals surface area (Å²) in [7, 11) is 0. The van der Waals surface area contributed by atoms with Crippen LogP contribution in [0.3, 0.4) is 0 Å². The first-order chi connectivity index (χ1) is 20.4. The van der Waals surface area contributed by atoms with Crippen molar-refractivity contribution in [1.29, 1.82) is 0 Å². The molecule has 0 saturated carbocycles. The summed E-state index contributed by atoms with van der Waals surface area (Å²) in [6.07, 6.45) is 0. The number of benzene rings is 3. The Morgan fingerprint density at radius 2 is 1.02 bits per heavy atom. The highest BCUT2D eigenvalue weighted by Crippen LogP contribution is 2.42. The molecule has 0 amide bonds. The van der Waals surface area contributed by atoms with Gasteiger partial charge in [-0.25, -0.2) is 0 Å². The molecule has 0 spiro atoms. The number of carbonyl (C=O) groups excluding carboxylic acids is 2. The third-order valence-corrected chi connectivity index (χ3v) is 5.22. The number of rotatable bonds is 2. The van der Waals surface area contributed by atoms with Crippen molar-refractivity contribution in [3.05, 3.63) is 189 Å². The second kappa shape index (κ2) is 17.2. The molecule has 5 heteroatoms. The molecule has 4 nitrogen and oxygen atoms in total. The largest absolute Gasteiger partial charge is 0.454 e. The van der Waals surface area contributed by atoms with E-state index in [4.69, 9.17) is 22.1 Å². The molecule has 0 radical (unpaired) electrons. The lowest BCUT2D eigenvalue weighted by molar-refractivity contribution is 0.0977. The first kappa shape index (κ1) is 31.7. The van der Waals surface area contributed by atoms with Crippen LogP contribution >= 0.6 is 11.6 Å². The highest BCUT2D eigenvalue weighted by atomic mass is 35.5. The van der Waals surface area contributed by atoms with E-state index >= 15 is 0 Å². The molecule has 0 fully saturated rings. The molecule has 0 unspecified atom stereocenters. The quantitative estimate of drug-likeness (QED) is 0.198. The molecule has 0 aliphatic heterocycles. The van der Waals surface area contributed by atoms with Gasteiger partial charge in [-0.1, -0.05) is 77.0 Å². The van der Waals surface area contributed by atoms with E-state index in [1.807, 2.05) is 6.07 Å². The first-order valence-electron chi connectivity index (χ1n) is 11.8. The minimum atomic E-state index is -0.306. The zero-order valence-corrected chi connectivity index (χ0v) is 23.0. The maximum absolute atomic E-state index is 13.0. The van der Waals surface area contributed by atoms with Gasteiger partial charge in [0.1, 0.15) is 5.75 Å². The first-order valence-corrected chi connectivity index (χ1v) is 12.2. The fourth-order valence-corrected chi connectivity index (χ4v) is 3.45. The molecule has 0 bridgehead atoms. The van der Waals surface area contributed by atoms with Gasteiger partial charge in [0.15, 0.2) is 17.3 Å². The summed E-state index contributed by atoms with van der Waals surface area (Å²) < 4.78 is 5.84. The van der Waals surface area contributed by atoms with E-state index in [1.54, 1.807) is 48.5 Å². The maximum atomic E-state index is 13.0. The van der Waals surface area contributed by atoms with Crippen molar-refractivity contribution in [3.8, 4) is 11.5 Å². The molecular formula is C37H20ClNO3. The topological polar surface area (TPSA) is 69.4 Å². The smallest absolute Gasteiger partial charge is 0.198 e. The Bertz CT molecular complexity index is 1980. The number of para-hydroxylation sites is 1. The van der Waals surface area contributed by atoms with Crippen LogP contribution in [0.2, 0.25) is 5.02 Å². The molecule has 0 heterocycles. The highest BCUT2D eigenvalue weighted by molar-refractivity contribution is 6.36. The van der Waals surface area contributed by atoms with E-state index in [2.05, 4.69) is 101 Å². The van der Waals surface area contributed by atoms with Gasteiger partial charge >= 0.3 is 0 Å². The average Bonchev–Trinajstić information content (AvgIpc) is 3.01. The van der Waals surface area contributed by atoms with Crippen molar-refractivity contribution in [2.24, 2.45) is 0 Å². The third kappa shape index (κ3) is 8.78. The summed E-state index contributed by atoms with van der Waals surface area (Å²) in [5.74, 6) is 0.0313. The van der Waals surface area contributed by atoms with Gasteiger partial charge in [-0.2, -0.15) is 0 Å². The number of fused-ring (bicyclic) bond motifs is 2. The minimum Gasteiger partial charge on any atom is -0.454 e. The van der Waals surface area contributed by atoms with Gasteiger partial charge in [-0.3, -0.25) is 9.59 Å². The number of carbonyl (C=O) groups is 2. The van der Waals surface area contributed by atoms with Gasteiger partial charge in [0.05, 0.1) is 16.3 Å². The van der Waals surface area contributed by atoms with Crippen LogP contribution < -0.4 is 10.5 Å². The van der Waals surface area contributed by atoms with Crippen LogP contribution in [0, 0.1) is 0 Å². The fourth-order valence-electron chi connectivity index (χ4n) is 3.25. The molecule has 1 aliphatic carbocycles. The van der Waals surface area contributed by atoms with Gasteiger partial charge in [0, 0.05) is 16.7 Å². The van der Waals surface area contributed by atoms with Crippen LogP contribution in [-0.4, -0.2) is 11.6 Å². The Labute approximate surface area is 248 Å². The Morgan fingerprint density at radius 3 is 1.50 bits per heavy atom. The van der Waals surface area contributed by atoms with Gasteiger partial charge < -0.3 is 10.5 Å². The molecule has 0 aromatic heterocycles. The number of anilines is 1. The maximum Gasteiger partial charge on any atom is 0.198 e. The van der Waals surface area contributed by atoms with E-state index in [0.717, 1.165) is 0 Å². The molecule has 3 aromatic carbocycles. The van der Waals surface area contributed by atoms with Crippen molar-refractivity contribution >= 4 is 28.9 Å². The highest BCUT2D eigenvalue weighted by Gasteiger charge is 2.34.